The van der Waals surface area contributed by atoms with Crippen LogP contribution in [0.1, 0.15) is 18.5 Å². The van der Waals surface area contributed by atoms with Crippen molar-refractivity contribution < 1.29 is 13.2 Å². The fraction of sp³-hybridized carbons (Fsp3) is 0.381. The second-order valence-electron chi connectivity index (χ2n) is 7.66. The van der Waals surface area contributed by atoms with Crippen LogP contribution in [0.4, 0.5) is 0 Å². The third kappa shape index (κ3) is 4.47. The van der Waals surface area contributed by atoms with Gasteiger partial charge in [-0.1, -0.05) is 36.4 Å². The molecule has 1 unspecified atom stereocenters. The summed E-state index contributed by atoms with van der Waals surface area (Å²) in [6.07, 6.45) is 0. The first-order chi connectivity index (χ1) is 14.9. The van der Waals surface area contributed by atoms with Crippen LogP contribution in [0.15, 0.2) is 53.4 Å². The maximum absolute atomic E-state index is 13.2. The molecule has 1 aromatic heterocycles. The van der Waals surface area contributed by atoms with Gasteiger partial charge < -0.3 is 4.90 Å². The molecular weight excluding hydrogens is 434 g/mol. The summed E-state index contributed by atoms with van der Waals surface area (Å²) in [5.74, 6) is 0.0194. The van der Waals surface area contributed by atoms with Gasteiger partial charge in [0.05, 0.1) is 24.3 Å². The zero-order valence-corrected chi connectivity index (χ0v) is 19.1. The van der Waals surface area contributed by atoms with Crippen LogP contribution < -0.4 is 0 Å². The van der Waals surface area contributed by atoms with Crippen molar-refractivity contribution >= 4 is 38.7 Å². The van der Waals surface area contributed by atoms with Crippen molar-refractivity contribution in [2.24, 2.45) is 0 Å². The van der Waals surface area contributed by atoms with Gasteiger partial charge in [-0.25, -0.2) is 8.42 Å². The molecule has 31 heavy (non-hydrogen) atoms. The van der Waals surface area contributed by atoms with E-state index < -0.39 is 10.0 Å². The molecule has 3 aromatic rings. The molecule has 0 aliphatic carbocycles. The van der Waals surface area contributed by atoms with Gasteiger partial charge in [-0.2, -0.15) is 13.1 Å². The molecule has 8 nitrogen and oxygen atoms in total. The van der Waals surface area contributed by atoms with E-state index in [-0.39, 0.29) is 23.4 Å². The zero-order chi connectivity index (χ0) is 22.0. The van der Waals surface area contributed by atoms with Crippen molar-refractivity contribution in [3.8, 4) is 0 Å². The van der Waals surface area contributed by atoms with E-state index in [9.17, 15) is 13.2 Å². The average Bonchev–Trinajstić information content (AvgIpc) is 3.28. The Bertz CT molecular complexity index is 1160. The van der Waals surface area contributed by atoms with Crippen molar-refractivity contribution in [1.29, 1.82) is 0 Å². The molecule has 164 valence electrons. The van der Waals surface area contributed by atoms with Crippen molar-refractivity contribution in [3.05, 3.63) is 54.1 Å². The predicted octanol–water partition coefficient (Wildman–Crippen LogP) is 2.22. The number of aromatic nitrogens is 2. The Morgan fingerprint density at radius 3 is 2.48 bits per heavy atom. The monoisotopic (exact) mass is 459 g/mol. The van der Waals surface area contributed by atoms with Crippen LogP contribution in [-0.2, 0) is 14.8 Å². The fourth-order valence-corrected chi connectivity index (χ4v) is 5.91. The van der Waals surface area contributed by atoms with Gasteiger partial charge in [0.15, 0.2) is 0 Å². The van der Waals surface area contributed by atoms with Crippen molar-refractivity contribution in [2.75, 3.05) is 39.8 Å². The summed E-state index contributed by atoms with van der Waals surface area (Å²) in [5.41, 5.74) is 2.09. The molecule has 2 heterocycles. The van der Waals surface area contributed by atoms with Crippen molar-refractivity contribution in [1.82, 2.24) is 22.9 Å². The maximum atomic E-state index is 13.2. The minimum Gasteiger partial charge on any atom is -0.338 e. The smallest absolute Gasteiger partial charge is 0.245 e. The Morgan fingerprint density at radius 1 is 1.06 bits per heavy atom. The number of hydrogen-bond acceptors (Lipinski definition) is 7. The number of nitrogens with zero attached hydrogens (tertiary/aromatic N) is 5. The van der Waals surface area contributed by atoms with Crippen LogP contribution in [0, 0.1) is 0 Å². The third-order valence-electron chi connectivity index (χ3n) is 5.81. The topological polar surface area (TPSA) is 86.7 Å². The number of hydrogen-bond donors (Lipinski definition) is 0. The predicted molar refractivity (Wildman–Crippen MR) is 120 cm³/mol. The Kier molecular flexibility index (Phi) is 6.33. The van der Waals surface area contributed by atoms with Crippen LogP contribution >= 0.6 is 11.7 Å². The minimum absolute atomic E-state index is 0.0194. The molecule has 0 N–H and O–H groups in total. The highest BCUT2D eigenvalue weighted by Gasteiger charge is 2.31. The van der Waals surface area contributed by atoms with Gasteiger partial charge >= 0.3 is 0 Å². The fourth-order valence-electron chi connectivity index (χ4n) is 3.73. The number of amides is 1. The summed E-state index contributed by atoms with van der Waals surface area (Å²) in [6, 6.07) is 14.9. The number of likely N-dealkylation sites (N-methyl/N-ethyl adjacent to an activating group) is 1. The van der Waals surface area contributed by atoms with E-state index >= 15 is 0 Å². The first kappa shape index (κ1) is 21.8. The van der Waals surface area contributed by atoms with E-state index in [2.05, 4.69) is 8.75 Å². The number of rotatable bonds is 6. The lowest BCUT2D eigenvalue weighted by molar-refractivity contribution is -0.133. The average molecular weight is 460 g/mol. The second-order valence-corrected chi connectivity index (χ2v) is 10.1. The van der Waals surface area contributed by atoms with E-state index in [0.717, 1.165) is 17.3 Å². The molecule has 4 rings (SSSR count). The number of carbonyl (C=O) groups excluding carboxylic acids is 1. The third-order valence-corrected chi connectivity index (χ3v) is 8.29. The summed E-state index contributed by atoms with van der Waals surface area (Å²) in [7, 11) is -1.85. The first-order valence-corrected chi connectivity index (χ1v) is 12.3. The van der Waals surface area contributed by atoms with Crippen LogP contribution in [-0.4, -0.2) is 76.9 Å². The molecule has 1 atom stereocenters. The quantitative estimate of drug-likeness (QED) is 0.562. The second kappa shape index (κ2) is 8.99. The lowest BCUT2D eigenvalue weighted by Gasteiger charge is -2.35. The molecule has 1 amide bonds. The maximum Gasteiger partial charge on any atom is 0.245 e. The normalized spacial score (nSPS) is 17.0. The Balaban J connectivity index is 1.37. The molecule has 1 saturated heterocycles. The van der Waals surface area contributed by atoms with Gasteiger partial charge in [-0.05, 0) is 24.6 Å². The van der Waals surface area contributed by atoms with Gasteiger partial charge in [0.1, 0.15) is 15.9 Å². The van der Waals surface area contributed by atoms with Crippen LogP contribution in [0.5, 0.6) is 0 Å². The Morgan fingerprint density at radius 2 is 1.77 bits per heavy atom. The van der Waals surface area contributed by atoms with Crippen molar-refractivity contribution in [2.45, 2.75) is 17.9 Å². The van der Waals surface area contributed by atoms with Gasteiger partial charge in [0, 0.05) is 33.2 Å². The van der Waals surface area contributed by atoms with E-state index in [1.807, 2.05) is 49.2 Å². The Hall–Kier alpha value is -2.40. The van der Waals surface area contributed by atoms with E-state index in [0.29, 0.717) is 37.2 Å². The van der Waals surface area contributed by atoms with Crippen molar-refractivity contribution in [3.63, 3.8) is 0 Å². The number of carbonyl (C=O) groups is 1. The highest BCUT2D eigenvalue weighted by atomic mass is 32.2. The zero-order valence-electron chi connectivity index (χ0n) is 17.5. The lowest BCUT2D eigenvalue weighted by Crippen LogP contribution is -2.51. The standard InChI is InChI=1S/C21H25N5O3S2/c1-16(17-7-4-3-5-8-17)24(2)20(27)15-25-11-13-26(14-12-25)31(28,29)19-10-6-9-18-21(19)23-30-22-18/h3-10,16H,11-15H2,1-2H3. The molecular formula is C21H25N5O3S2. The number of piperazine rings is 1. The minimum atomic E-state index is -3.66. The van der Waals surface area contributed by atoms with E-state index in [4.69, 9.17) is 0 Å². The van der Waals surface area contributed by atoms with Crippen LogP contribution in [0.3, 0.4) is 0 Å². The number of fused-ring (bicyclic) bond motifs is 1. The molecule has 1 fully saturated rings. The van der Waals surface area contributed by atoms with E-state index in [1.165, 1.54) is 4.31 Å². The van der Waals surface area contributed by atoms with Gasteiger partial charge in [0.25, 0.3) is 0 Å². The van der Waals surface area contributed by atoms with Gasteiger partial charge in [-0.15, -0.1) is 0 Å². The van der Waals surface area contributed by atoms with Gasteiger partial charge in [0.2, 0.25) is 15.9 Å². The molecule has 0 saturated carbocycles. The Labute approximate surface area is 186 Å². The molecule has 0 spiro atoms. The molecule has 10 heteroatoms. The molecule has 1 aliphatic rings. The molecule has 0 radical (unpaired) electrons. The van der Waals surface area contributed by atoms with Gasteiger partial charge in [-0.3, -0.25) is 9.69 Å². The number of sulfonamides is 1. The summed E-state index contributed by atoms with van der Waals surface area (Å²) >= 11 is 1.01. The molecule has 2 aromatic carbocycles. The largest absolute Gasteiger partial charge is 0.338 e. The highest BCUT2D eigenvalue weighted by molar-refractivity contribution is 7.89. The molecule has 0 bridgehead atoms. The molecule has 1 aliphatic heterocycles. The number of benzene rings is 2. The van der Waals surface area contributed by atoms with Crippen LogP contribution in [0.2, 0.25) is 0 Å². The highest BCUT2D eigenvalue weighted by Crippen LogP contribution is 2.25. The van der Waals surface area contributed by atoms with E-state index in [1.54, 1.807) is 23.1 Å². The first-order valence-electron chi connectivity index (χ1n) is 10.1. The summed E-state index contributed by atoms with van der Waals surface area (Å²) in [6.45, 7) is 3.95. The summed E-state index contributed by atoms with van der Waals surface area (Å²) < 4.78 is 36.1. The summed E-state index contributed by atoms with van der Waals surface area (Å²) in [5, 5.41) is 0. The van der Waals surface area contributed by atoms with Crippen LogP contribution in [0.25, 0.3) is 11.0 Å². The SMILES string of the molecule is CC(c1ccccc1)N(C)C(=O)CN1CCN(S(=O)(=O)c2cccc3nsnc23)CC1. The summed E-state index contributed by atoms with van der Waals surface area (Å²) in [4.78, 5) is 16.7. The lowest BCUT2D eigenvalue weighted by atomic mass is 10.1.